The quantitative estimate of drug-likeness (QED) is 0.309. The highest BCUT2D eigenvalue weighted by molar-refractivity contribution is 6.32. The Labute approximate surface area is 224 Å². The van der Waals surface area contributed by atoms with Crippen LogP contribution in [0.4, 0.5) is 0 Å². The van der Waals surface area contributed by atoms with Gasteiger partial charge in [0.05, 0.1) is 11.1 Å². The normalized spacial score (nSPS) is 19.1. The molecule has 2 aliphatic rings. The highest BCUT2D eigenvalue weighted by Gasteiger charge is 2.37. The monoisotopic (exact) mass is 508 g/mol. The van der Waals surface area contributed by atoms with Crippen molar-refractivity contribution in [1.29, 1.82) is 0 Å². The molecule has 3 nitrogen and oxygen atoms in total. The number of hydrogen-bond donors (Lipinski definition) is 2. The molecule has 2 N–H and O–H groups in total. The lowest BCUT2D eigenvalue weighted by atomic mass is 9.73. The third-order valence-electron chi connectivity index (χ3n) is 8.33. The van der Waals surface area contributed by atoms with E-state index in [2.05, 4.69) is 96.1 Å². The molecule has 6 rings (SSSR count). The first-order chi connectivity index (χ1) is 18.1. The Hall–Kier alpha value is -3.11. The first kappa shape index (κ1) is 24.2. The van der Waals surface area contributed by atoms with Crippen molar-refractivity contribution < 1.29 is 5.11 Å². The van der Waals surface area contributed by atoms with E-state index in [0.717, 1.165) is 32.4 Å². The third kappa shape index (κ3) is 4.68. The van der Waals surface area contributed by atoms with Crippen LogP contribution in [0.25, 0.3) is 0 Å². The average molecular weight is 509 g/mol. The second-order valence-corrected chi connectivity index (χ2v) is 10.8. The fraction of sp³-hybridized carbons (Fsp3) is 0.273. The first-order valence-electron chi connectivity index (χ1n) is 13.3. The molecule has 4 heteroatoms. The summed E-state index contributed by atoms with van der Waals surface area (Å²) in [4.78, 5) is 2.50. The van der Waals surface area contributed by atoms with Gasteiger partial charge in [0.15, 0.2) is 0 Å². The fourth-order valence-electron chi connectivity index (χ4n) is 6.45. The summed E-state index contributed by atoms with van der Waals surface area (Å²) in [5.41, 5.74) is 9.23. The SMILES string of the molecule is CN1CCc2cc(Cl)c(O)cc2[C@H]2c3cccc(CNC(c4ccccc4)c4ccccc4)c3CC[C@@H]21. The number of likely N-dealkylation sites (N-methyl/N-ethyl adjacent to an activating group) is 1. The Bertz CT molecular complexity index is 1350. The van der Waals surface area contributed by atoms with Gasteiger partial charge in [-0.1, -0.05) is 90.5 Å². The van der Waals surface area contributed by atoms with Crippen LogP contribution in [0.5, 0.6) is 5.75 Å². The number of hydrogen-bond acceptors (Lipinski definition) is 3. The number of phenolic OH excluding ortho intramolecular Hbond substituents is 1. The Kier molecular flexibility index (Phi) is 6.77. The predicted octanol–water partition coefficient (Wildman–Crippen LogP) is 6.86. The van der Waals surface area contributed by atoms with Crippen molar-refractivity contribution in [2.45, 2.75) is 43.8 Å². The third-order valence-corrected chi connectivity index (χ3v) is 8.63. The lowest BCUT2D eigenvalue weighted by Gasteiger charge is -2.39. The van der Waals surface area contributed by atoms with Crippen LogP contribution < -0.4 is 5.32 Å². The summed E-state index contributed by atoms with van der Waals surface area (Å²) < 4.78 is 0. The second kappa shape index (κ2) is 10.3. The van der Waals surface area contributed by atoms with Gasteiger partial charge < -0.3 is 15.3 Å². The van der Waals surface area contributed by atoms with Gasteiger partial charge in [0.2, 0.25) is 0 Å². The number of phenols is 1. The predicted molar refractivity (Wildman–Crippen MR) is 151 cm³/mol. The van der Waals surface area contributed by atoms with E-state index >= 15 is 0 Å². The van der Waals surface area contributed by atoms with Gasteiger partial charge in [-0.25, -0.2) is 0 Å². The van der Waals surface area contributed by atoms with E-state index in [0.29, 0.717) is 11.1 Å². The van der Waals surface area contributed by atoms with Crippen molar-refractivity contribution in [2.24, 2.45) is 0 Å². The van der Waals surface area contributed by atoms with Crippen molar-refractivity contribution in [3.8, 4) is 5.75 Å². The van der Waals surface area contributed by atoms with Crippen molar-refractivity contribution in [1.82, 2.24) is 10.2 Å². The molecule has 37 heavy (non-hydrogen) atoms. The van der Waals surface area contributed by atoms with Gasteiger partial charge in [-0.05, 0) is 77.4 Å². The maximum Gasteiger partial charge on any atom is 0.134 e. The largest absolute Gasteiger partial charge is 0.506 e. The van der Waals surface area contributed by atoms with Crippen LogP contribution >= 0.6 is 11.6 Å². The van der Waals surface area contributed by atoms with Gasteiger partial charge in [-0.3, -0.25) is 0 Å². The van der Waals surface area contributed by atoms with E-state index in [-0.39, 0.29) is 17.7 Å². The maximum absolute atomic E-state index is 10.5. The number of fused-ring (bicyclic) bond motifs is 5. The van der Waals surface area contributed by atoms with Crippen molar-refractivity contribution in [2.75, 3.05) is 13.6 Å². The maximum atomic E-state index is 10.5. The van der Waals surface area contributed by atoms with Crippen LogP contribution in [-0.4, -0.2) is 29.6 Å². The highest BCUT2D eigenvalue weighted by Crippen LogP contribution is 2.45. The number of nitrogens with one attached hydrogen (secondary N) is 1. The average Bonchev–Trinajstić information content (AvgIpc) is 3.07. The minimum atomic E-state index is 0.124. The summed E-state index contributed by atoms with van der Waals surface area (Å²) >= 11 is 6.34. The molecular weight excluding hydrogens is 476 g/mol. The zero-order valence-corrected chi connectivity index (χ0v) is 22.0. The van der Waals surface area contributed by atoms with Crippen LogP contribution in [0.3, 0.4) is 0 Å². The molecule has 0 radical (unpaired) electrons. The molecule has 0 aromatic heterocycles. The molecule has 0 fully saturated rings. The van der Waals surface area contributed by atoms with Crippen LogP contribution in [0.1, 0.15) is 57.3 Å². The molecule has 1 aliphatic heterocycles. The van der Waals surface area contributed by atoms with E-state index in [1.165, 1.54) is 38.9 Å². The van der Waals surface area contributed by atoms with Gasteiger partial charge >= 0.3 is 0 Å². The smallest absolute Gasteiger partial charge is 0.134 e. The molecule has 1 aliphatic carbocycles. The fourth-order valence-corrected chi connectivity index (χ4v) is 6.64. The van der Waals surface area contributed by atoms with E-state index in [4.69, 9.17) is 11.6 Å². The molecule has 188 valence electrons. The van der Waals surface area contributed by atoms with Gasteiger partial charge in [-0.15, -0.1) is 0 Å². The standard InChI is InChI=1S/C33H33ClN2O/c1-36-18-17-24-19-29(34)31(37)20-28(24)32-27-14-8-13-25(26(27)15-16-30(32)36)21-35-33(22-9-4-2-5-10-22)23-11-6-3-7-12-23/h2-14,19-20,30,32-33,35,37H,15-18,21H2,1H3/t30-,32+/m0/s1. The molecule has 4 aromatic carbocycles. The molecule has 0 bridgehead atoms. The molecule has 0 spiro atoms. The summed E-state index contributed by atoms with van der Waals surface area (Å²) in [7, 11) is 2.24. The number of rotatable bonds is 5. The lowest BCUT2D eigenvalue weighted by molar-refractivity contribution is 0.213. The van der Waals surface area contributed by atoms with E-state index in [1.807, 2.05) is 12.1 Å². The molecule has 1 heterocycles. The molecule has 0 amide bonds. The van der Waals surface area contributed by atoms with E-state index < -0.39 is 0 Å². The number of aromatic hydroxyl groups is 1. The molecule has 0 unspecified atom stereocenters. The Morgan fingerprint density at radius 2 is 1.59 bits per heavy atom. The van der Waals surface area contributed by atoms with Gasteiger partial charge in [0, 0.05) is 25.0 Å². The summed E-state index contributed by atoms with van der Waals surface area (Å²) in [5, 5.41) is 14.9. The van der Waals surface area contributed by atoms with Crippen molar-refractivity contribution in [3.05, 3.63) is 135 Å². The molecule has 0 saturated carbocycles. The second-order valence-electron chi connectivity index (χ2n) is 10.4. The zero-order valence-electron chi connectivity index (χ0n) is 21.2. The van der Waals surface area contributed by atoms with Crippen molar-refractivity contribution in [3.63, 3.8) is 0 Å². The van der Waals surface area contributed by atoms with Gasteiger partial charge in [0.25, 0.3) is 0 Å². The van der Waals surface area contributed by atoms with Crippen molar-refractivity contribution >= 4 is 11.6 Å². The minimum Gasteiger partial charge on any atom is -0.506 e. The van der Waals surface area contributed by atoms with Crippen LogP contribution in [0.2, 0.25) is 5.02 Å². The molecular formula is C33H33ClN2O. The zero-order chi connectivity index (χ0) is 25.4. The lowest BCUT2D eigenvalue weighted by Crippen LogP contribution is -2.40. The van der Waals surface area contributed by atoms with E-state index in [9.17, 15) is 5.11 Å². The summed E-state index contributed by atoms with van der Waals surface area (Å²) in [6, 6.07) is 32.6. The number of halogens is 1. The van der Waals surface area contributed by atoms with Crippen LogP contribution in [-0.2, 0) is 19.4 Å². The number of benzene rings is 4. The Balaban J connectivity index is 1.37. The molecule has 4 aromatic rings. The highest BCUT2D eigenvalue weighted by atomic mass is 35.5. The Morgan fingerprint density at radius 3 is 2.30 bits per heavy atom. The summed E-state index contributed by atoms with van der Waals surface area (Å²) in [6.45, 7) is 1.80. The number of nitrogens with zero attached hydrogens (tertiary/aromatic N) is 1. The molecule has 2 atom stereocenters. The minimum absolute atomic E-state index is 0.124. The van der Waals surface area contributed by atoms with E-state index in [1.54, 1.807) is 0 Å². The van der Waals surface area contributed by atoms with Gasteiger partial charge in [-0.2, -0.15) is 0 Å². The topological polar surface area (TPSA) is 35.5 Å². The van der Waals surface area contributed by atoms with Crippen LogP contribution in [0.15, 0.2) is 91.0 Å². The van der Waals surface area contributed by atoms with Gasteiger partial charge in [0.1, 0.15) is 5.75 Å². The van der Waals surface area contributed by atoms with Crippen LogP contribution in [0, 0.1) is 0 Å². The Morgan fingerprint density at radius 1 is 0.892 bits per heavy atom. The summed E-state index contributed by atoms with van der Waals surface area (Å²) in [6.07, 6.45) is 3.12. The first-order valence-corrected chi connectivity index (χ1v) is 13.6. The summed E-state index contributed by atoms with van der Waals surface area (Å²) in [5.74, 6) is 0.413. The molecule has 0 saturated heterocycles.